The van der Waals surface area contributed by atoms with Gasteiger partial charge in [-0.2, -0.15) is 4.31 Å². The number of halogens is 2. The quantitative estimate of drug-likeness (QED) is 0.611. The fourth-order valence-electron chi connectivity index (χ4n) is 2.74. The van der Waals surface area contributed by atoms with Crippen LogP contribution in [0, 0.1) is 5.82 Å². The fourth-order valence-corrected chi connectivity index (χ4v) is 3.29. The number of likely N-dealkylation sites (N-methyl/N-ethyl adjacent to an activating group) is 1. The SMILES string of the molecule is C[C@H](C(=O)NCc1ccccc1Cl)N(Cc1ccc(F)cc1)C(=O)CN(C)S(C)(=O)=O. The van der Waals surface area contributed by atoms with Gasteiger partial charge in [0.15, 0.2) is 0 Å². The molecule has 0 aliphatic carbocycles. The second-order valence-corrected chi connectivity index (χ2v) is 9.65. The number of nitrogens with one attached hydrogen (secondary N) is 1. The van der Waals surface area contributed by atoms with Crippen LogP contribution < -0.4 is 5.32 Å². The van der Waals surface area contributed by atoms with Crippen molar-refractivity contribution in [2.24, 2.45) is 0 Å². The van der Waals surface area contributed by atoms with Crippen molar-refractivity contribution in [1.82, 2.24) is 14.5 Å². The summed E-state index contributed by atoms with van der Waals surface area (Å²) in [5.74, 6) is -1.42. The van der Waals surface area contributed by atoms with Gasteiger partial charge in [-0.05, 0) is 36.2 Å². The molecule has 0 fully saturated rings. The van der Waals surface area contributed by atoms with Gasteiger partial charge in [-0.25, -0.2) is 12.8 Å². The Bertz CT molecular complexity index is 1030. The van der Waals surface area contributed by atoms with Gasteiger partial charge in [0.2, 0.25) is 21.8 Å². The Balaban J connectivity index is 2.18. The Morgan fingerprint density at radius 1 is 1.13 bits per heavy atom. The molecule has 2 rings (SSSR count). The Morgan fingerprint density at radius 3 is 2.32 bits per heavy atom. The maximum atomic E-state index is 13.2. The van der Waals surface area contributed by atoms with Crippen LogP contribution in [-0.4, -0.2) is 55.3 Å². The normalized spacial score (nSPS) is 12.5. The first-order chi connectivity index (χ1) is 14.5. The lowest BCUT2D eigenvalue weighted by Crippen LogP contribution is -2.50. The Hall–Kier alpha value is -2.49. The van der Waals surface area contributed by atoms with Crippen molar-refractivity contribution in [3.05, 3.63) is 70.5 Å². The van der Waals surface area contributed by atoms with E-state index in [0.717, 1.165) is 16.1 Å². The van der Waals surface area contributed by atoms with Gasteiger partial charge in [0.1, 0.15) is 11.9 Å². The van der Waals surface area contributed by atoms with E-state index in [2.05, 4.69) is 5.32 Å². The van der Waals surface area contributed by atoms with Crippen LogP contribution in [0.5, 0.6) is 0 Å². The summed E-state index contributed by atoms with van der Waals surface area (Å²) in [6.45, 7) is 1.30. The van der Waals surface area contributed by atoms with Gasteiger partial charge in [-0.1, -0.05) is 41.9 Å². The zero-order chi connectivity index (χ0) is 23.2. The number of hydrogen-bond acceptors (Lipinski definition) is 4. The summed E-state index contributed by atoms with van der Waals surface area (Å²) < 4.78 is 37.5. The molecule has 0 aromatic heterocycles. The molecule has 0 unspecified atom stereocenters. The van der Waals surface area contributed by atoms with Crippen LogP contribution in [0.15, 0.2) is 48.5 Å². The Kier molecular flexibility index (Phi) is 8.55. The monoisotopic (exact) mass is 469 g/mol. The second-order valence-electron chi connectivity index (χ2n) is 7.15. The van der Waals surface area contributed by atoms with E-state index in [9.17, 15) is 22.4 Å². The zero-order valence-corrected chi connectivity index (χ0v) is 19.1. The molecule has 0 aliphatic heterocycles. The molecule has 31 heavy (non-hydrogen) atoms. The van der Waals surface area contributed by atoms with E-state index in [4.69, 9.17) is 11.6 Å². The highest BCUT2D eigenvalue weighted by Crippen LogP contribution is 2.15. The summed E-state index contributed by atoms with van der Waals surface area (Å²) in [4.78, 5) is 26.9. The number of rotatable bonds is 9. The summed E-state index contributed by atoms with van der Waals surface area (Å²) in [5, 5.41) is 3.25. The van der Waals surface area contributed by atoms with E-state index < -0.39 is 40.2 Å². The van der Waals surface area contributed by atoms with Crippen molar-refractivity contribution in [3.8, 4) is 0 Å². The predicted molar refractivity (Wildman–Crippen MR) is 117 cm³/mol. The highest BCUT2D eigenvalue weighted by Gasteiger charge is 2.28. The Labute approximate surface area is 186 Å². The summed E-state index contributed by atoms with van der Waals surface area (Å²) in [6, 6.07) is 11.7. The molecule has 0 spiro atoms. The van der Waals surface area contributed by atoms with E-state index in [-0.39, 0.29) is 13.1 Å². The lowest BCUT2D eigenvalue weighted by Gasteiger charge is -2.30. The molecule has 10 heteroatoms. The number of carbonyl (C=O) groups excluding carboxylic acids is 2. The molecule has 2 aromatic rings. The van der Waals surface area contributed by atoms with Crippen molar-refractivity contribution >= 4 is 33.4 Å². The van der Waals surface area contributed by atoms with Gasteiger partial charge in [0.25, 0.3) is 0 Å². The minimum Gasteiger partial charge on any atom is -0.350 e. The van der Waals surface area contributed by atoms with Crippen LogP contribution in [0.2, 0.25) is 5.02 Å². The summed E-state index contributed by atoms with van der Waals surface area (Å²) in [6.07, 6.45) is 0.990. The van der Waals surface area contributed by atoms with Crippen molar-refractivity contribution < 1.29 is 22.4 Å². The summed E-state index contributed by atoms with van der Waals surface area (Å²) in [7, 11) is -2.30. The van der Waals surface area contributed by atoms with Gasteiger partial charge in [0, 0.05) is 25.2 Å². The molecular weight excluding hydrogens is 445 g/mol. The molecule has 7 nitrogen and oxygen atoms in total. The molecule has 0 saturated heterocycles. The fraction of sp³-hybridized carbons (Fsp3) is 0.333. The van der Waals surface area contributed by atoms with Gasteiger partial charge < -0.3 is 10.2 Å². The van der Waals surface area contributed by atoms with Crippen LogP contribution in [0.3, 0.4) is 0 Å². The third-order valence-electron chi connectivity index (χ3n) is 4.77. The number of carbonyl (C=O) groups is 2. The van der Waals surface area contributed by atoms with E-state index in [1.807, 2.05) is 0 Å². The van der Waals surface area contributed by atoms with Crippen LogP contribution in [0.4, 0.5) is 4.39 Å². The summed E-state index contributed by atoms with van der Waals surface area (Å²) >= 11 is 6.11. The predicted octanol–water partition coefficient (Wildman–Crippen LogP) is 2.40. The molecule has 0 heterocycles. The second kappa shape index (κ2) is 10.7. The third kappa shape index (κ3) is 7.30. The van der Waals surface area contributed by atoms with Gasteiger partial charge >= 0.3 is 0 Å². The van der Waals surface area contributed by atoms with E-state index in [1.165, 1.54) is 36.2 Å². The molecule has 0 aliphatic rings. The maximum Gasteiger partial charge on any atom is 0.242 e. The van der Waals surface area contributed by atoms with Crippen molar-refractivity contribution in [2.75, 3.05) is 19.8 Å². The maximum absolute atomic E-state index is 13.2. The van der Waals surface area contributed by atoms with E-state index in [1.54, 1.807) is 31.2 Å². The first kappa shape index (κ1) is 24.8. The molecular formula is C21H25ClFN3O4S. The molecule has 0 bridgehead atoms. The highest BCUT2D eigenvalue weighted by atomic mass is 35.5. The number of benzene rings is 2. The van der Waals surface area contributed by atoms with Gasteiger partial charge in [-0.15, -0.1) is 0 Å². The molecule has 1 N–H and O–H groups in total. The molecule has 2 amide bonds. The highest BCUT2D eigenvalue weighted by molar-refractivity contribution is 7.88. The first-order valence-electron chi connectivity index (χ1n) is 9.45. The van der Waals surface area contributed by atoms with Gasteiger partial charge in [0.05, 0.1) is 12.8 Å². The molecule has 1 atom stereocenters. The van der Waals surface area contributed by atoms with Crippen molar-refractivity contribution in [3.63, 3.8) is 0 Å². The lowest BCUT2D eigenvalue weighted by molar-refractivity contribution is -0.140. The van der Waals surface area contributed by atoms with Crippen LogP contribution in [0.1, 0.15) is 18.1 Å². The molecule has 0 saturated carbocycles. The summed E-state index contributed by atoms with van der Waals surface area (Å²) in [5.41, 5.74) is 1.32. The lowest BCUT2D eigenvalue weighted by atomic mass is 10.1. The van der Waals surface area contributed by atoms with E-state index in [0.29, 0.717) is 10.6 Å². The van der Waals surface area contributed by atoms with Gasteiger partial charge in [-0.3, -0.25) is 9.59 Å². The van der Waals surface area contributed by atoms with Crippen LogP contribution in [-0.2, 0) is 32.7 Å². The minimum atomic E-state index is -3.59. The number of amides is 2. The van der Waals surface area contributed by atoms with Crippen LogP contribution >= 0.6 is 11.6 Å². The van der Waals surface area contributed by atoms with Crippen LogP contribution in [0.25, 0.3) is 0 Å². The average Bonchev–Trinajstić information content (AvgIpc) is 2.71. The number of hydrogen-bond donors (Lipinski definition) is 1. The first-order valence-corrected chi connectivity index (χ1v) is 11.7. The third-order valence-corrected chi connectivity index (χ3v) is 6.40. The molecule has 2 aromatic carbocycles. The molecule has 0 radical (unpaired) electrons. The zero-order valence-electron chi connectivity index (χ0n) is 17.5. The smallest absolute Gasteiger partial charge is 0.242 e. The average molecular weight is 470 g/mol. The standard InChI is InChI=1S/C21H25ClFN3O4S/c1-15(21(28)24-12-17-6-4-5-7-19(17)22)26(13-16-8-10-18(23)11-9-16)20(27)14-25(2)31(3,29)30/h4-11,15H,12-14H2,1-3H3,(H,24,28)/t15-/m1/s1. The minimum absolute atomic E-state index is 0.0113. The Morgan fingerprint density at radius 2 is 1.74 bits per heavy atom. The molecule has 168 valence electrons. The van der Waals surface area contributed by atoms with Crippen molar-refractivity contribution in [2.45, 2.75) is 26.1 Å². The topological polar surface area (TPSA) is 86.8 Å². The largest absolute Gasteiger partial charge is 0.350 e. The van der Waals surface area contributed by atoms with Crippen molar-refractivity contribution in [1.29, 1.82) is 0 Å². The van der Waals surface area contributed by atoms with E-state index >= 15 is 0 Å². The number of nitrogens with zero attached hydrogens (tertiary/aromatic N) is 2. The number of sulfonamides is 1.